The Morgan fingerprint density at radius 2 is 1.54 bits per heavy atom. The number of carbonyl (C=O) groups is 1. The minimum Gasteiger partial charge on any atom is -0.394 e. The van der Waals surface area contributed by atoms with Gasteiger partial charge in [-0.25, -0.2) is 4.79 Å². The van der Waals surface area contributed by atoms with E-state index < -0.39 is 6.04 Å². The largest absolute Gasteiger partial charge is 0.394 e. The summed E-state index contributed by atoms with van der Waals surface area (Å²) < 4.78 is 0. The highest BCUT2D eigenvalue weighted by Crippen LogP contribution is 2.37. The Bertz CT molecular complexity index is 641. The molecule has 4 heteroatoms. The molecule has 1 saturated carbocycles. The molecule has 0 radical (unpaired) electrons. The molecule has 0 saturated heterocycles. The summed E-state index contributed by atoms with van der Waals surface area (Å²) in [5.41, 5.74) is 2.03. The monoisotopic (exact) mass is 324 g/mol. The van der Waals surface area contributed by atoms with Crippen molar-refractivity contribution < 1.29 is 9.90 Å². The van der Waals surface area contributed by atoms with Crippen LogP contribution in [-0.4, -0.2) is 17.7 Å². The first-order chi connectivity index (χ1) is 11.8. The highest BCUT2D eigenvalue weighted by molar-refractivity contribution is 5.75. The number of hydrogen-bond donors (Lipinski definition) is 3. The lowest BCUT2D eigenvalue weighted by molar-refractivity contribution is 0.195. The molecule has 2 aromatic carbocycles. The lowest BCUT2D eigenvalue weighted by atomic mass is 9.77. The average Bonchev–Trinajstić information content (AvgIpc) is 2.59. The Morgan fingerprint density at radius 3 is 2.04 bits per heavy atom. The smallest absolute Gasteiger partial charge is 0.315 e. The number of urea groups is 1. The molecule has 126 valence electrons. The molecule has 2 aromatic rings. The average molecular weight is 324 g/mol. The van der Waals surface area contributed by atoms with E-state index in [1.165, 1.54) is 6.42 Å². The topological polar surface area (TPSA) is 61.4 Å². The van der Waals surface area contributed by atoms with Crippen molar-refractivity contribution in [1.82, 2.24) is 10.6 Å². The maximum Gasteiger partial charge on any atom is 0.315 e. The highest BCUT2D eigenvalue weighted by atomic mass is 16.3. The van der Waals surface area contributed by atoms with E-state index in [0.717, 1.165) is 24.0 Å². The van der Waals surface area contributed by atoms with Crippen molar-refractivity contribution in [2.45, 2.75) is 31.3 Å². The van der Waals surface area contributed by atoms with Crippen molar-refractivity contribution in [2.75, 3.05) is 6.61 Å². The number of hydrogen-bond acceptors (Lipinski definition) is 2. The minimum atomic E-state index is -0.399. The molecule has 24 heavy (non-hydrogen) atoms. The fraction of sp³-hybridized carbons (Fsp3) is 0.350. The lowest BCUT2D eigenvalue weighted by Gasteiger charge is -2.35. The number of carbonyl (C=O) groups excluding carboxylic acids is 1. The molecule has 1 fully saturated rings. The summed E-state index contributed by atoms with van der Waals surface area (Å²) in [6, 6.07) is 19.0. The number of amides is 2. The van der Waals surface area contributed by atoms with Gasteiger partial charge in [0.2, 0.25) is 0 Å². The van der Waals surface area contributed by atoms with E-state index in [2.05, 4.69) is 22.8 Å². The molecule has 0 bridgehead atoms. The van der Waals surface area contributed by atoms with Gasteiger partial charge in [0.25, 0.3) is 0 Å². The van der Waals surface area contributed by atoms with Crippen LogP contribution in [0.5, 0.6) is 0 Å². The summed E-state index contributed by atoms with van der Waals surface area (Å²) in [5, 5.41) is 15.6. The number of benzene rings is 2. The van der Waals surface area contributed by atoms with Gasteiger partial charge in [-0.2, -0.15) is 0 Å². The number of nitrogens with one attached hydrogen (secondary N) is 2. The second-order valence-electron chi connectivity index (χ2n) is 6.34. The maximum atomic E-state index is 12.5. The zero-order valence-electron chi connectivity index (χ0n) is 13.7. The van der Waals surface area contributed by atoms with Crippen LogP contribution in [-0.2, 0) is 0 Å². The number of rotatable bonds is 6. The highest BCUT2D eigenvalue weighted by Gasteiger charge is 2.30. The Hall–Kier alpha value is -2.33. The summed E-state index contributed by atoms with van der Waals surface area (Å²) in [4.78, 5) is 12.5. The molecule has 0 heterocycles. The van der Waals surface area contributed by atoms with Crippen LogP contribution in [0, 0.1) is 5.92 Å². The van der Waals surface area contributed by atoms with Gasteiger partial charge in [-0.15, -0.1) is 0 Å². The molecule has 0 aliphatic heterocycles. The van der Waals surface area contributed by atoms with E-state index in [-0.39, 0.29) is 18.7 Å². The van der Waals surface area contributed by atoms with Crippen molar-refractivity contribution >= 4 is 6.03 Å². The van der Waals surface area contributed by atoms with Gasteiger partial charge in [0, 0.05) is 0 Å². The molecule has 2 amide bonds. The third-order valence-corrected chi connectivity index (χ3v) is 4.76. The summed E-state index contributed by atoms with van der Waals surface area (Å²) in [6.07, 6.45) is 3.50. The molecular formula is C20H24N2O2. The van der Waals surface area contributed by atoms with Crippen LogP contribution in [0.15, 0.2) is 60.7 Å². The molecule has 0 aromatic heterocycles. The van der Waals surface area contributed by atoms with Crippen molar-refractivity contribution in [2.24, 2.45) is 5.92 Å². The number of aliphatic hydroxyl groups excluding tert-OH is 1. The van der Waals surface area contributed by atoms with Gasteiger partial charge in [0.15, 0.2) is 0 Å². The molecule has 3 rings (SSSR count). The normalized spacial score (nSPS) is 16.7. The van der Waals surface area contributed by atoms with Gasteiger partial charge in [0.1, 0.15) is 0 Å². The van der Waals surface area contributed by atoms with Crippen LogP contribution in [0.2, 0.25) is 0 Å². The molecule has 1 aliphatic rings. The van der Waals surface area contributed by atoms with Gasteiger partial charge < -0.3 is 15.7 Å². The van der Waals surface area contributed by atoms with E-state index in [0.29, 0.717) is 5.92 Å². The first-order valence-corrected chi connectivity index (χ1v) is 8.55. The summed E-state index contributed by atoms with van der Waals surface area (Å²) in [6.45, 7) is -0.128. The molecular weight excluding hydrogens is 300 g/mol. The Kier molecular flexibility index (Phi) is 5.49. The molecule has 0 spiro atoms. The van der Waals surface area contributed by atoms with Crippen molar-refractivity contribution in [1.29, 1.82) is 0 Å². The van der Waals surface area contributed by atoms with Gasteiger partial charge in [-0.3, -0.25) is 0 Å². The number of aliphatic hydroxyl groups is 1. The fourth-order valence-electron chi connectivity index (χ4n) is 3.17. The second kappa shape index (κ2) is 7.97. The van der Waals surface area contributed by atoms with E-state index in [4.69, 9.17) is 0 Å². The van der Waals surface area contributed by atoms with E-state index >= 15 is 0 Å². The summed E-state index contributed by atoms with van der Waals surface area (Å²) in [7, 11) is 0. The summed E-state index contributed by atoms with van der Waals surface area (Å²) >= 11 is 0. The zero-order valence-corrected chi connectivity index (χ0v) is 13.7. The standard InChI is InChI=1S/C20H24N2O2/c23-14-18(15-8-3-1-4-9-15)21-20(24)22-19(17-12-7-13-17)16-10-5-2-6-11-16/h1-6,8-11,17-19,23H,7,12-14H2,(H2,21,22,24)/t18-,19?/m1/s1. The lowest BCUT2D eigenvalue weighted by Crippen LogP contribution is -2.44. The zero-order chi connectivity index (χ0) is 16.8. The molecule has 3 N–H and O–H groups in total. The predicted molar refractivity (Wildman–Crippen MR) is 94.5 cm³/mol. The molecule has 4 nitrogen and oxygen atoms in total. The Morgan fingerprint density at radius 1 is 0.958 bits per heavy atom. The van der Waals surface area contributed by atoms with Crippen molar-refractivity contribution in [3.8, 4) is 0 Å². The third-order valence-electron chi connectivity index (χ3n) is 4.76. The van der Waals surface area contributed by atoms with Gasteiger partial charge in [-0.1, -0.05) is 67.1 Å². The third kappa shape index (κ3) is 3.95. The van der Waals surface area contributed by atoms with Gasteiger partial charge in [-0.05, 0) is 29.9 Å². The quantitative estimate of drug-likeness (QED) is 0.761. The molecule has 1 unspecified atom stereocenters. The minimum absolute atomic E-state index is 0.0232. The van der Waals surface area contributed by atoms with Crippen LogP contribution in [0.25, 0.3) is 0 Å². The van der Waals surface area contributed by atoms with E-state index in [1.807, 2.05) is 48.5 Å². The predicted octanol–water partition coefficient (Wildman–Crippen LogP) is 3.56. The summed E-state index contributed by atoms with van der Waals surface area (Å²) in [5.74, 6) is 0.488. The van der Waals surface area contributed by atoms with E-state index in [9.17, 15) is 9.90 Å². The maximum absolute atomic E-state index is 12.5. The molecule has 2 atom stereocenters. The van der Waals surface area contributed by atoms with Crippen LogP contribution in [0.4, 0.5) is 4.79 Å². The second-order valence-corrected chi connectivity index (χ2v) is 6.34. The SMILES string of the molecule is O=C(NC(c1ccccc1)C1CCC1)N[C@H](CO)c1ccccc1. The van der Waals surface area contributed by atoms with E-state index in [1.54, 1.807) is 0 Å². The van der Waals surface area contributed by atoms with Gasteiger partial charge in [0.05, 0.1) is 18.7 Å². The Balaban J connectivity index is 1.67. The fourth-order valence-corrected chi connectivity index (χ4v) is 3.17. The van der Waals surface area contributed by atoms with Crippen LogP contribution in [0.3, 0.4) is 0 Å². The Labute approximate surface area is 142 Å². The molecule has 1 aliphatic carbocycles. The van der Waals surface area contributed by atoms with Gasteiger partial charge >= 0.3 is 6.03 Å². The van der Waals surface area contributed by atoms with Crippen molar-refractivity contribution in [3.05, 3.63) is 71.8 Å². The van der Waals surface area contributed by atoms with Crippen molar-refractivity contribution in [3.63, 3.8) is 0 Å². The van der Waals surface area contributed by atoms with Crippen LogP contribution < -0.4 is 10.6 Å². The first kappa shape index (κ1) is 16.5. The van der Waals surface area contributed by atoms with Crippen LogP contribution in [0.1, 0.15) is 42.5 Å². The first-order valence-electron chi connectivity index (χ1n) is 8.55. The van der Waals surface area contributed by atoms with Crippen LogP contribution >= 0.6 is 0 Å².